The molecule has 0 radical (unpaired) electrons. The summed E-state index contributed by atoms with van der Waals surface area (Å²) >= 11 is 6.41. The number of carboxylic acids is 2. The summed E-state index contributed by atoms with van der Waals surface area (Å²) in [6, 6.07) is 10.7. The summed E-state index contributed by atoms with van der Waals surface area (Å²) in [5.74, 6) is -1.27. The molecule has 4 aromatic rings. The maximum Gasteiger partial charge on any atom is 0.317 e. The van der Waals surface area contributed by atoms with Gasteiger partial charge in [-0.2, -0.15) is 0 Å². The zero-order valence-electron chi connectivity index (χ0n) is 46.3. The van der Waals surface area contributed by atoms with Gasteiger partial charge in [-0.25, -0.2) is 14.4 Å². The first-order chi connectivity index (χ1) is 39.1. The Morgan fingerprint density at radius 3 is 1.88 bits per heavy atom. The number of pyridine rings is 1. The molecule has 0 saturated carbocycles. The summed E-state index contributed by atoms with van der Waals surface area (Å²) in [5, 5.41) is 41.6. The number of carboxylic acid groups (broad SMARTS) is 2. The number of hydrogen-bond donors (Lipinski definition) is 7. The number of rotatable bonds is 27. The van der Waals surface area contributed by atoms with Crippen molar-refractivity contribution in [3.8, 4) is 22.5 Å². The van der Waals surface area contributed by atoms with E-state index >= 15 is 4.39 Å². The van der Waals surface area contributed by atoms with E-state index in [0.29, 0.717) is 148 Å². The predicted octanol–water partition coefficient (Wildman–Crippen LogP) is 1.24. The molecule has 0 spiro atoms. The number of aromatic amines is 1. The number of nitrogens with one attached hydrogen (secondary N) is 2. The number of anilines is 2. The maximum atomic E-state index is 15.0. The van der Waals surface area contributed by atoms with Crippen LogP contribution in [0.4, 0.5) is 15.9 Å². The van der Waals surface area contributed by atoms with Gasteiger partial charge in [0.05, 0.1) is 101 Å². The molecule has 3 aliphatic rings. The van der Waals surface area contributed by atoms with Crippen molar-refractivity contribution in [3.63, 3.8) is 0 Å². The number of nitrogens with two attached hydrogens (primary N) is 1. The lowest BCUT2D eigenvalue weighted by molar-refractivity contribution is -0.140. The molecule has 2 aromatic heterocycles. The van der Waals surface area contributed by atoms with Crippen molar-refractivity contribution in [1.82, 2.24) is 44.8 Å². The second-order valence-corrected chi connectivity index (χ2v) is 21.1. The minimum atomic E-state index is -1.59. The third-order valence-electron chi connectivity index (χ3n) is 14.4. The summed E-state index contributed by atoms with van der Waals surface area (Å²) in [5.41, 5.74) is 11.9. The van der Waals surface area contributed by atoms with E-state index in [1.165, 1.54) is 6.07 Å². The number of aliphatic hydroxyl groups excluding tert-OH is 1. The number of ether oxygens (including phenoxy) is 4. The van der Waals surface area contributed by atoms with Gasteiger partial charge in [-0.15, -0.1) is 0 Å². The van der Waals surface area contributed by atoms with Crippen molar-refractivity contribution >= 4 is 57.9 Å². The number of H-pyrrole nitrogens is 1. The molecular weight excluding hydrogens is 1080 g/mol. The van der Waals surface area contributed by atoms with Crippen LogP contribution in [0.5, 0.6) is 0 Å². The van der Waals surface area contributed by atoms with Gasteiger partial charge in [-0.05, 0) is 61.2 Å². The average Bonchev–Trinajstić information content (AvgIpc) is 4.10. The van der Waals surface area contributed by atoms with E-state index in [9.17, 15) is 39.6 Å². The molecule has 3 fully saturated rings. The first-order valence-electron chi connectivity index (χ1n) is 27.8. The fourth-order valence-electron chi connectivity index (χ4n) is 10.2. The number of aryl methyl sites for hydroxylation is 1. The third-order valence-corrected chi connectivity index (χ3v) is 14.7. The molecule has 2 amide bonds. The zero-order valence-corrected chi connectivity index (χ0v) is 47.1. The summed E-state index contributed by atoms with van der Waals surface area (Å²) in [7, 11) is 0. The number of imidazole rings is 1. The van der Waals surface area contributed by atoms with E-state index in [-0.39, 0.29) is 76.0 Å². The smallest absolute Gasteiger partial charge is 0.317 e. The second kappa shape index (κ2) is 32.2. The number of piperazine rings is 1. The number of piperidine rings is 1. The quantitative estimate of drug-likeness (QED) is 0.0327. The number of carbonyl (C=O) groups is 4. The van der Waals surface area contributed by atoms with Crippen molar-refractivity contribution in [2.45, 2.75) is 38.5 Å². The summed E-state index contributed by atoms with van der Waals surface area (Å²) in [6.07, 6.45) is 2.06. The normalized spacial score (nSPS) is 17.2. The highest BCUT2D eigenvalue weighted by molar-refractivity contribution is 6.31. The first kappa shape index (κ1) is 62.9. The number of benzene rings is 2. The van der Waals surface area contributed by atoms with Gasteiger partial charge >= 0.3 is 11.9 Å². The number of carbonyl (C=O) groups excluding carboxylic acids is 2. The van der Waals surface area contributed by atoms with E-state index in [1.807, 2.05) is 47.2 Å². The van der Waals surface area contributed by atoms with Crippen LogP contribution in [-0.4, -0.2) is 273 Å². The number of hydrogen-bond acceptors (Lipinski definition) is 19. The Morgan fingerprint density at radius 1 is 0.728 bits per heavy atom. The molecule has 24 nitrogen and oxygen atoms in total. The minimum absolute atomic E-state index is 0.00372. The van der Waals surface area contributed by atoms with E-state index in [2.05, 4.69) is 20.1 Å². The molecule has 0 aliphatic carbocycles. The molecule has 0 atom stereocenters. The van der Waals surface area contributed by atoms with E-state index in [4.69, 9.17) is 46.3 Å². The number of fused-ring (bicyclic) bond motifs is 1. The largest absolute Gasteiger partial charge is 0.480 e. The molecule has 81 heavy (non-hydrogen) atoms. The van der Waals surface area contributed by atoms with E-state index < -0.39 is 18.2 Å². The highest BCUT2D eigenvalue weighted by atomic mass is 35.5. The van der Waals surface area contributed by atoms with Gasteiger partial charge in [0.1, 0.15) is 17.5 Å². The van der Waals surface area contributed by atoms with Crippen molar-refractivity contribution in [3.05, 3.63) is 59.0 Å². The standard InChI is InChI=1S/C55H80ClFN12O12/c1-39-30-40(32-42(57)31-39)44-34-60-55(52(53(44)68-8-4-43(58)5-9-68)54-61-45-3-2-41(56)33-46(45)62-54)69-20-18-67(19-21-69)48(71)6-22-78-24-26-80-28-29-81-27-25-79-23-7-59-47(70)35-63-10-12-64(36-49(72)73)14-16-66(38-51(76)77)17-15-65(13-11-63)37-50(74)75/h2-3,30-34,43,49,72-73H,4-29,35-38,58H2,1H3,(H,59,70)(H,61,62)(H,74,75)(H,76,77). The van der Waals surface area contributed by atoms with Gasteiger partial charge in [-0.3, -0.25) is 38.8 Å². The molecule has 7 rings (SSSR count). The maximum absolute atomic E-state index is 15.0. The topological polar surface area (TPSA) is 288 Å². The molecule has 5 heterocycles. The molecule has 446 valence electrons. The van der Waals surface area contributed by atoms with Gasteiger partial charge in [0.25, 0.3) is 0 Å². The number of β-amino-alcohol motifs (C(OH)–C–C–N with tert-alkyl or cyclic N) is 2. The van der Waals surface area contributed by atoms with Crippen LogP contribution in [0, 0.1) is 12.7 Å². The molecule has 3 saturated heterocycles. The molecule has 3 aliphatic heterocycles. The monoisotopic (exact) mass is 1150 g/mol. The van der Waals surface area contributed by atoms with Crippen LogP contribution in [0.15, 0.2) is 42.6 Å². The van der Waals surface area contributed by atoms with Crippen LogP contribution >= 0.6 is 11.6 Å². The van der Waals surface area contributed by atoms with E-state index in [0.717, 1.165) is 52.1 Å². The van der Waals surface area contributed by atoms with Gasteiger partial charge in [0.15, 0.2) is 6.29 Å². The summed E-state index contributed by atoms with van der Waals surface area (Å²) < 4.78 is 37.6. The highest BCUT2D eigenvalue weighted by Gasteiger charge is 2.32. The fourth-order valence-corrected chi connectivity index (χ4v) is 10.4. The van der Waals surface area contributed by atoms with Gasteiger partial charge in [-0.1, -0.05) is 17.7 Å². The lowest BCUT2D eigenvalue weighted by Gasteiger charge is -2.39. The van der Waals surface area contributed by atoms with Crippen LogP contribution < -0.4 is 20.9 Å². The van der Waals surface area contributed by atoms with Crippen LogP contribution in [0.1, 0.15) is 24.8 Å². The lowest BCUT2D eigenvalue weighted by Crippen LogP contribution is -2.50. The van der Waals surface area contributed by atoms with Gasteiger partial charge in [0, 0.05) is 128 Å². The predicted molar refractivity (Wildman–Crippen MR) is 303 cm³/mol. The molecule has 8 N–H and O–H groups in total. The summed E-state index contributed by atoms with van der Waals surface area (Å²) in [4.78, 5) is 76.5. The Bertz CT molecular complexity index is 2640. The van der Waals surface area contributed by atoms with Crippen molar-refractivity contribution in [1.29, 1.82) is 0 Å². The minimum Gasteiger partial charge on any atom is -0.480 e. The average molecular weight is 1160 g/mol. The molecular formula is C55H80ClFN12O12. The van der Waals surface area contributed by atoms with Crippen LogP contribution in [0.3, 0.4) is 0 Å². The summed E-state index contributed by atoms with van der Waals surface area (Å²) in [6.45, 7) is 10.3. The SMILES string of the molecule is Cc1cc(F)cc(-c2cnc(N3CCN(C(=O)CCOCCOCCOCCOCCNC(=O)CN4CCN(CC(=O)O)CCN(CC(=O)O)CCN(CC(O)O)CC4)CC3)c(-c3nc4cc(Cl)ccc4[nH]3)c2N2CCC(N)CC2)c1. The number of amides is 2. The zero-order chi connectivity index (χ0) is 57.7. The van der Waals surface area contributed by atoms with Crippen LogP contribution in [0.25, 0.3) is 33.5 Å². The Labute approximate surface area is 476 Å². The number of halogens is 2. The highest BCUT2D eigenvalue weighted by Crippen LogP contribution is 2.45. The third kappa shape index (κ3) is 20.3. The Morgan fingerprint density at radius 2 is 1.30 bits per heavy atom. The second-order valence-electron chi connectivity index (χ2n) is 20.6. The van der Waals surface area contributed by atoms with Crippen LogP contribution in [0.2, 0.25) is 5.02 Å². The Kier molecular flexibility index (Phi) is 25.0. The molecule has 26 heteroatoms. The number of aromatic nitrogens is 3. The van der Waals surface area contributed by atoms with Crippen LogP contribution in [-0.2, 0) is 38.1 Å². The Balaban J connectivity index is 0.780. The van der Waals surface area contributed by atoms with Crippen molar-refractivity contribution in [2.24, 2.45) is 5.73 Å². The first-order valence-corrected chi connectivity index (χ1v) is 28.2. The molecule has 0 unspecified atom stereocenters. The fraction of sp³-hybridized carbons (Fsp3) is 0.600. The Hall–Kier alpha value is -5.68. The van der Waals surface area contributed by atoms with Gasteiger partial charge in [0.2, 0.25) is 11.8 Å². The van der Waals surface area contributed by atoms with Gasteiger partial charge < -0.3 is 70.1 Å². The number of nitrogens with zero attached hydrogens (tertiary/aromatic N) is 9. The molecule has 2 aromatic carbocycles. The van der Waals surface area contributed by atoms with E-state index in [1.54, 1.807) is 20.8 Å². The molecule has 0 bridgehead atoms. The van der Waals surface area contributed by atoms with Crippen molar-refractivity contribution < 1.29 is 62.9 Å². The lowest BCUT2D eigenvalue weighted by atomic mass is 9.96. The van der Waals surface area contributed by atoms with Crippen molar-refractivity contribution in [2.75, 3.05) is 187 Å². The number of aliphatic carboxylic acids is 2. The number of aliphatic hydroxyl groups is 2.